The molecule has 0 saturated carbocycles. The molecule has 0 aliphatic heterocycles. The van der Waals surface area contributed by atoms with Gasteiger partial charge in [-0.15, -0.1) is 12.1 Å². The van der Waals surface area contributed by atoms with E-state index in [2.05, 4.69) is 143 Å². The molecule has 0 spiro atoms. The molecule has 2 aromatic carbocycles. The quantitative estimate of drug-likeness (QED) is 0.184. The first-order valence-electron chi connectivity index (χ1n) is 20.2. The van der Waals surface area contributed by atoms with Crippen LogP contribution in [0.5, 0.6) is 0 Å². The van der Waals surface area contributed by atoms with Crippen molar-refractivity contribution >= 4 is 0 Å². The summed E-state index contributed by atoms with van der Waals surface area (Å²) in [6.07, 6.45) is 9.64. The van der Waals surface area contributed by atoms with Crippen molar-refractivity contribution in [1.29, 1.82) is 0 Å². The molecular weight excluding hydrogens is 713 g/mol. The smallest absolute Gasteiger partial charge is 0 e. The van der Waals surface area contributed by atoms with Gasteiger partial charge in [-0.3, -0.25) is 0 Å². The van der Waals surface area contributed by atoms with Gasteiger partial charge in [-0.25, -0.2) is 0 Å². The van der Waals surface area contributed by atoms with E-state index in [1.165, 1.54) is 36.8 Å². The second kappa shape index (κ2) is 47.0. The zero-order valence-corrected chi connectivity index (χ0v) is 42.1. The second-order valence-electron chi connectivity index (χ2n) is 15.6. The summed E-state index contributed by atoms with van der Waals surface area (Å²) in [4.78, 5) is 0. The van der Waals surface area contributed by atoms with Gasteiger partial charge in [0, 0.05) is 32.7 Å². The van der Waals surface area contributed by atoms with Crippen molar-refractivity contribution in [3.05, 3.63) is 103 Å². The van der Waals surface area contributed by atoms with Crippen LogP contribution in [0.3, 0.4) is 0 Å². The van der Waals surface area contributed by atoms with Crippen molar-refractivity contribution in [2.75, 3.05) is 0 Å². The monoisotopic (exact) mass is 816 g/mol. The number of hydrogen-bond acceptors (Lipinski definition) is 0. The summed E-state index contributed by atoms with van der Waals surface area (Å²) in [5.41, 5.74) is 5.13. The summed E-state index contributed by atoms with van der Waals surface area (Å²) in [7, 11) is 0. The zero-order valence-electron chi connectivity index (χ0n) is 39.3. The molecule has 0 fully saturated rings. The summed E-state index contributed by atoms with van der Waals surface area (Å²) >= 11 is 0. The van der Waals surface area contributed by atoms with Crippen LogP contribution in [-0.2, 0) is 32.7 Å². The first kappa shape index (κ1) is 73.1. The summed E-state index contributed by atoms with van der Waals surface area (Å²) in [5.74, 6) is 2.40. The number of benzene rings is 2. The second-order valence-corrected chi connectivity index (χ2v) is 15.6. The largest absolute Gasteiger partial charge is 0.199 e. The Labute approximate surface area is 366 Å². The van der Waals surface area contributed by atoms with Crippen LogP contribution in [0.2, 0.25) is 0 Å². The predicted octanol–water partition coefficient (Wildman–Crippen LogP) is 19.2. The van der Waals surface area contributed by atoms with Crippen LogP contribution in [0.25, 0.3) is 0 Å². The minimum atomic E-state index is 0. The molecular formula is C52H102Y-2. The molecule has 0 aliphatic carbocycles. The summed E-state index contributed by atoms with van der Waals surface area (Å²) in [5, 5.41) is 0. The van der Waals surface area contributed by atoms with Crippen LogP contribution in [0.4, 0.5) is 0 Å². The van der Waals surface area contributed by atoms with E-state index in [0.717, 1.165) is 23.3 Å². The third-order valence-electron chi connectivity index (χ3n) is 9.22. The van der Waals surface area contributed by atoms with Crippen molar-refractivity contribution in [2.45, 2.75) is 200 Å². The molecule has 0 saturated heterocycles. The van der Waals surface area contributed by atoms with E-state index < -0.39 is 0 Å². The fourth-order valence-corrected chi connectivity index (χ4v) is 3.64. The van der Waals surface area contributed by atoms with Crippen LogP contribution in [0.1, 0.15) is 205 Å². The Bertz CT molecular complexity index is 921. The number of hydrogen-bond donors (Lipinski definition) is 0. The molecule has 0 bridgehead atoms. The van der Waals surface area contributed by atoms with E-state index in [1.807, 2.05) is 102 Å². The van der Waals surface area contributed by atoms with Crippen molar-refractivity contribution < 1.29 is 32.7 Å². The minimum Gasteiger partial charge on any atom is -0.199 e. The first-order valence-corrected chi connectivity index (χ1v) is 20.2. The molecule has 0 unspecified atom stereocenters. The fourth-order valence-electron chi connectivity index (χ4n) is 3.64. The van der Waals surface area contributed by atoms with Gasteiger partial charge < -0.3 is 0 Å². The third kappa shape index (κ3) is 48.9. The maximum absolute atomic E-state index is 3.72. The molecule has 0 N–H and O–H groups in total. The molecule has 0 nitrogen and oxygen atoms in total. The van der Waals surface area contributed by atoms with Crippen molar-refractivity contribution in [3.8, 4) is 0 Å². The fraction of sp³-hybridized carbons (Fsp3) is 0.673. The Morgan fingerprint density at radius 2 is 1.04 bits per heavy atom. The van der Waals surface area contributed by atoms with E-state index in [-0.39, 0.29) is 47.6 Å². The maximum atomic E-state index is 3.72. The Kier molecular flexibility index (Phi) is 64.8. The van der Waals surface area contributed by atoms with Crippen molar-refractivity contribution in [1.82, 2.24) is 0 Å². The first-order chi connectivity index (χ1) is 23.1. The molecule has 0 aromatic heterocycles. The number of rotatable bonds is 8. The molecule has 1 heteroatoms. The topological polar surface area (TPSA) is 0 Å². The molecule has 0 atom stereocenters. The minimum absolute atomic E-state index is 0. The summed E-state index contributed by atoms with van der Waals surface area (Å²) in [6.45, 7) is 54.7. The van der Waals surface area contributed by atoms with E-state index in [4.69, 9.17) is 0 Å². The molecule has 1 radical (unpaired) electrons. The van der Waals surface area contributed by atoms with Gasteiger partial charge in [-0.2, -0.15) is 61.0 Å². The van der Waals surface area contributed by atoms with Gasteiger partial charge in [-0.05, 0) is 74.0 Å². The van der Waals surface area contributed by atoms with Gasteiger partial charge in [0.2, 0.25) is 0 Å². The van der Waals surface area contributed by atoms with Gasteiger partial charge in [0.1, 0.15) is 0 Å². The van der Waals surface area contributed by atoms with Gasteiger partial charge in [0.25, 0.3) is 0 Å². The molecule has 53 heavy (non-hydrogen) atoms. The Balaban J connectivity index is -0.0000000642. The summed E-state index contributed by atoms with van der Waals surface area (Å²) < 4.78 is 0. The molecule has 0 aliphatic rings. The van der Waals surface area contributed by atoms with E-state index >= 15 is 0 Å². The van der Waals surface area contributed by atoms with Crippen LogP contribution >= 0.6 is 0 Å². The van der Waals surface area contributed by atoms with Crippen LogP contribution < -0.4 is 0 Å². The SMILES string of the molecule is C.C.CC.CC.CC.CC(C)=CCC/C(C)=C/CC(C)C.CC(C)C(C)(C)C(C)(C)C(C)(C)C.CCC(C)C.[CH2-]c1ccccc1.[Y].[c-]1ccccc1. The average molecular weight is 816 g/mol. The molecule has 2 aromatic rings. The maximum Gasteiger partial charge on any atom is 0 e. The Morgan fingerprint density at radius 1 is 0.660 bits per heavy atom. The van der Waals surface area contributed by atoms with Gasteiger partial charge in [-0.1, -0.05) is 189 Å². The predicted molar refractivity (Wildman–Crippen MR) is 253 cm³/mol. The van der Waals surface area contributed by atoms with Gasteiger partial charge in [0.05, 0.1) is 0 Å². The van der Waals surface area contributed by atoms with Crippen LogP contribution in [0, 0.1) is 47.0 Å². The van der Waals surface area contributed by atoms with Crippen LogP contribution in [0.15, 0.2) is 84.0 Å². The third-order valence-corrected chi connectivity index (χ3v) is 9.22. The van der Waals surface area contributed by atoms with Crippen molar-refractivity contribution in [2.24, 2.45) is 34.0 Å². The summed E-state index contributed by atoms with van der Waals surface area (Å²) in [6, 6.07) is 22.4. The van der Waals surface area contributed by atoms with E-state index in [1.54, 1.807) is 0 Å². The Morgan fingerprint density at radius 3 is 1.23 bits per heavy atom. The van der Waals surface area contributed by atoms with Crippen LogP contribution in [-0.4, -0.2) is 0 Å². The van der Waals surface area contributed by atoms with E-state index in [0.29, 0.717) is 16.2 Å². The molecule has 0 heterocycles. The molecule has 0 amide bonds. The Hall–Kier alpha value is -1.11. The average Bonchev–Trinajstić information content (AvgIpc) is 3.08. The normalized spacial score (nSPS) is 9.96. The van der Waals surface area contributed by atoms with Gasteiger partial charge in [0.15, 0.2) is 0 Å². The standard InChI is InChI=1S/C13H28.C13H24.C7H7.C6H5.C5H12.3C2H6.2CH4.Y/c1-10(2)12(6,7)13(8,9)11(3,4)5;1-11(2)7-6-8-13(5)10-9-12(3)4;1-7-5-3-2-4-6-7;1-2-4-6-5-3-1;1-4-5(2)3;3*1-2;;;/h10H,1-9H3;7,10,12H,6,8-9H2,1-5H3;2-6H,1H2;1-5H;5H,4H2,1-3H3;3*1-2H3;2*1H4;/q;;2*-1;;;;;;;/b;13-10+;;;;;;;;;. The molecule has 315 valence electrons. The van der Waals surface area contributed by atoms with Crippen molar-refractivity contribution in [3.63, 3.8) is 0 Å². The number of allylic oxidation sites excluding steroid dienone is 4. The van der Waals surface area contributed by atoms with Gasteiger partial charge >= 0.3 is 0 Å². The zero-order chi connectivity index (χ0) is 41.0. The van der Waals surface area contributed by atoms with E-state index in [9.17, 15) is 0 Å². The molecule has 2 rings (SSSR count).